The fraction of sp³-hybridized carbons (Fsp3) is 0.167. The summed E-state index contributed by atoms with van der Waals surface area (Å²) in [4.78, 5) is 3.46. The quantitative estimate of drug-likeness (QED) is 0.678. The van der Waals surface area contributed by atoms with E-state index in [0.29, 0.717) is 0 Å². The monoisotopic (exact) mass is 197 g/mol. The van der Waals surface area contributed by atoms with E-state index in [9.17, 15) is 0 Å². The van der Waals surface area contributed by atoms with Crippen LogP contribution in [0.15, 0.2) is 42.7 Å². The second-order valence-electron chi connectivity index (χ2n) is 3.36. The van der Waals surface area contributed by atoms with E-state index in [0.717, 1.165) is 11.3 Å². The third kappa shape index (κ3) is 1.89. The lowest BCUT2D eigenvalue weighted by Gasteiger charge is -1.98. The maximum atomic E-state index is 6.95. The zero-order chi connectivity index (χ0) is 10.7. The fourth-order valence-electron chi connectivity index (χ4n) is 1.35. The molecule has 0 radical (unpaired) electrons. The van der Waals surface area contributed by atoms with Gasteiger partial charge >= 0.3 is 0 Å². The summed E-state index contributed by atoms with van der Waals surface area (Å²) in [6.07, 6.45) is 3.65. The first-order valence-electron chi connectivity index (χ1n) is 4.78. The van der Waals surface area contributed by atoms with E-state index < -0.39 is 0 Å². The first-order valence-corrected chi connectivity index (χ1v) is 4.78. The van der Waals surface area contributed by atoms with Crippen LogP contribution in [0.4, 0.5) is 0 Å². The molecule has 2 aromatic rings. The first kappa shape index (κ1) is 9.47. The van der Waals surface area contributed by atoms with Gasteiger partial charge in [0.1, 0.15) is 0 Å². The summed E-state index contributed by atoms with van der Waals surface area (Å²) < 4.78 is 1.79. The molecule has 0 spiro atoms. The number of aromatic nitrogens is 2. The third-order valence-corrected chi connectivity index (χ3v) is 2.30. The molecule has 1 heterocycles. The van der Waals surface area contributed by atoms with Gasteiger partial charge in [-0.25, -0.2) is 11.3 Å². The molecule has 3 nitrogen and oxygen atoms in total. The number of benzene rings is 1. The van der Waals surface area contributed by atoms with Gasteiger partial charge in [0, 0.05) is 13.1 Å². The lowest BCUT2D eigenvalue weighted by molar-refractivity contribution is 0.878. The minimum atomic E-state index is -0.123. The molecule has 0 amide bonds. The van der Waals surface area contributed by atoms with Crippen LogP contribution in [0.2, 0.25) is 0 Å². The Morgan fingerprint density at radius 3 is 2.73 bits per heavy atom. The van der Waals surface area contributed by atoms with Crippen LogP contribution >= 0.6 is 0 Å². The number of para-hydroxylation sites is 1. The van der Waals surface area contributed by atoms with Gasteiger partial charge in [-0.15, -0.1) is 0 Å². The Hall–Kier alpha value is -2.08. The van der Waals surface area contributed by atoms with Crippen molar-refractivity contribution < 1.29 is 0 Å². The van der Waals surface area contributed by atoms with Crippen LogP contribution in [0.3, 0.4) is 0 Å². The van der Waals surface area contributed by atoms with Gasteiger partial charge in [-0.2, -0.15) is 5.10 Å². The molecule has 74 valence electrons. The normalized spacial score (nSPS) is 12.0. The molecule has 15 heavy (non-hydrogen) atoms. The molecule has 0 aliphatic rings. The van der Waals surface area contributed by atoms with Gasteiger partial charge in [0.2, 0.25) is 6.04 Å². The molecule has 0 bridgehead atoms. The SMILES string of the molecule is [C-]#[N+]C(C)c1cnn(-c2ccccc2)c1. The predicted octanol–water partition coefficient (Wildman–Crippen LogP) is 2.85. The standard InChI is InChI=1S/C12H11N3/c1-10(13-2)11-8-14-15(9-11)12-6-4-3-5-7-12/h3-10H,1H3. The number of rotatable bonds is 2. The van der Waals surface area contributed by atoms with Gasteiger partial charge in [0.25, 0.3) is 0 Å². The van der Waals surface area contributed by atoms with Crippen LogP contribution in [0, 0.1) is 6.57 Å². The number of hydrogen-bond acceptors (Lipinski definition) is 1. The Labute approximate surface area is 88.8 Å². The van der Waals surface area contributed by atoms with Gasteiger partial charge in [0.05, 0.1) is 17.4 Å². The number of nitrogens with zero attached hydrogens (tertiary/aromatic N) is 3. The Balaban J connectivity index is 2.33. The van der Waals surface area contributed by atoms with Crippen LogP contribution in [0.25, 0.3) is 10.5 Å². The molecule has 0 N–H and O–H groups in total. The Bertz CT molecular complexity index is 479. The van der Waals surface area contributed by atoms with Gasteiger partial charge in [-0.1, -0.05) is 18.2 Å². The van der Waals surface area contributed by atoms with Gasteiger partial charge < -0.3 is 4.85 Å². The molecule has 0 aliphatic heterocycles. The largest absolute Gasteiger partial charge is 0.309 e. The molecule has 0 aliphatic carbocycles. The van der Waals surface area contributed by atoms with Crippen LogP contribution in [0.1, 0.15) is 18.5 Å². The first-order chi connectivity index (χ1) is 7.31. The lowest BCUT2D eigenvalue weighted by Crippen LogP contribution is -1.92. The summed E-state index contributed by atoms with van der Waals surface area (Å²) >= 11 is 0. The summed E-state index contributed by atoms with van der Waals surface area (Å²) in [5, 5.41) is 4.23. The van der Waals surface area contributed by atoms with Crippen LogP contribution in [-0.2, 0) is 0 Å². The van der Waals surface area contributed by atoms with Crippen molar-refractivity contribution in [2.24, 2.45) is 0 Å². The van der Waals surface area contributed by atoms with E-state index in [2.05, 4.69) is 9.94 Å². The average Bonchev–Trinajstić information content (AvgIpc) is 2.78. The predicted molar refractivity (Wildman–Crippen MR) is 58.6 cm³/mol. The molecule has 1 atom stereocenters. The molecule has 3 heteroatoms. The molecule has 1 unspecified atom stereocenters. The summed E-state index contributed by atoms with van der Waals surface area (Å²) in [5.41, 5.74) is 1.97. The van der Waals surface area contributed by atoms with Crippen LogP contribution < -0.4 is 0 Å². The summed E-state index contributed by atoms with van der Waals surface area (Å²) in [6, 6.07) is 9.75. The van der Waals surface area contributed by atoms with Crippen molar-refractivity contribution in [3.63, 3.8) is 0 Å². The van der Waals surface area contributed by atoms with Crippen molar-refractivity contribution in [1.29, 1.82) is 0 Å². The van der Waals surface area contributed by atoms with E-state index in [1.807, 2.05) is 43.5 Å². The number of hydrogen-bond donors (Lipinski definition) is 0. The van der Waals surface area contributed by atoms with Gasteiger partial charge in [-0.3, -0.25) is 0 Å². The maximum absolute atomic E-state index is 6.95. The molecule has 0 saturated heterocycles. The molecule has 2 rings (SSSR count). The molecule has 0 fully saturated rings. The van der Waals surface area contributed by atoms with Crippen LogP contribution in [-0.4, -0.2) is 9.78 Å². The minimum Gasteiger partial charge on any atom is -0.309 e. The smallest absolute Gasteiger partial charge is 0.249 e. The highest BCUT2D eigenvalue weighted by molar-refractivity contribution is 5.31. The third-order valence-electron chi connectivity index (χ3n) is 2.30. The average molecular weight is 197 g/mol. The zero-order valence-electron chi connectivity index (χ0n) is 8.46. The van der Waals surface area contributed by atoms with E-state index >= 15 is 0 Å². The van der Waals surface area contributed by atoms with Crippen molar-refractivity contribution in [3.05, 3.63) is 59.7 Å². The minimum absolute atomic E-state index is 0.123. The highest BCUT2D eigenvalue weighted by Gasteiger charge is 2.11. The topological polar surface area (TPSA) is 22.2 Å². The zero-order valence-corrected chi connectivity index (χ0v) is 8.46. The molecular formula is C12H11N3. The van der Waals surface area contributed by atoms with Crippen LogP contribution in [0.5, 0.6) is 0 Å². The molecule has 1 aromatic heterocycles. The fourth-order valence-corrected chi connectivity index (χ4v) is 1.35. The van der Waals surface area contributed by atoms with E-state index in [4.69, 9.17) is 6.57 Å². The van der Waals surface area contributed by atoms with E-state index in [1.54, 1.807) is 10.9 Å². The Morgan fingerprint density at radius 2 is 2.07 bits per heavy atom. The Kier molecular flexibility index (Phi) is 2.51. The second-order valence-corrected chi connectivity index (χ2v) is 3.36. The molecule has 1 aromatic carbocycles. The highest BCUT2D eigenvalue weighted by Crippen LogP contribution is 2.16. The summed E-state index contributed by atoms with van der Waals surface area (Å²) in [5.74, 6) is 0. The molecule has 0 saturated carbocycles. The highest BCUT2D eigenvalue weighted by atomic mass is 15.3. The Morgan fingerprint density at radius 1 is 1.33 bits per heavy atom. The van der Waals surface area contributed by atoms with Gasteiger partial charge in [-0.05, 0) is 12.1 Å². The van der Waals surface area contributed by atoms with Crippen molar-refractivity contribution in [2.75, 3.05) is 0 Å². The van der Waals surface area contributed by atoms with Gasteiger partial charge in [0.15, 0.2) is 0 Å². The molecular weight excluding hydrogens is 186 g/mol. The maximum Gasteiger partial charge on any atom is 0.249 e. The van der Waals surface area contributed by atoms with Crippen molar-refractivity contribution >= 4 is 0 Å². The summed E-state index contributed by atoms with van der Waals surface area (Å²) in [6.45, 7) is 8.82. The summed E-state index contributed by atoms with van der Waals surface area (Å²) in [7, 11) is 0. The lowest BCUT2D eigenvalue weighted by atomic mass is 10.2. The van der Waals surface area contributed by atoms with E-state index in [1.165, 1.54) is 0 Å². The second kappa shape index (κ2) is 3.97. The van der Waals surface area contributed by atoms with Crippen molar-refractivity contribution in [3.8, 4) is 5.69 Å². The van der Waals surface area contributed by atoms with Crippen molar-refractivity contribution in [1.82, 2.24) is 9.78 Å². The van der Waals surface area contributed by atoms with E-state index in [-0.39, 0.29) is 6.04 Å². The van der Waals surface area contributed by atoms with Crippen molar-refractivity contribution in [2.45, 2.75) is 13.0 Å².